The predicted octanol–water partition coefficient (Wildman–Crippen LogP) is 5.30. The molecule has 0 aliphatic heterocycles. The lowest BCUT2D eigenvalue weighted by atomic mass is 10.2. The Kier molecular flexibility index (Phi) is 5.76. The fourth-order valence-corrected chi connectivity index (χ4v) is 3.06. The van der Waals surface area contributed by atoms with E-state index in [0.717, 1.165) is 5.56 Å². The smallest absolute Gasteiger partial charge is 0.277 e. The molecule has 0 aliphatic rings. The van der Waals surface area contributed by atoms with E-state index >= 15 is 0 Å². The molecule has 1 N–H and O–H groups in total. The zero-order chi connectivity index (χ0) is 21.3. The first-order chi connectivity index (χ1) is 13.7. The van der Waals surface area contributed by atoms with Crippen molar-refractivity contribution in [2.24, 2.45) is 7.05 Å². The summed E-state index contributed by atoms with van der Waals surface area (Å²) in [6.07, 6.45) is 0. The standard InChI is InChI=1S/C19H16Cl2N4O4/c1-10-6-12(20)4-5-16(10)29-15-8-13(7-14(9-15)25(27)28)22-19(26)18-17(21)11(2)24(3)23-18/h4-9H,1-3H3,(H,22,26). The van der Waals surface area contributed by atoms with Gasteiger partial charge in [-0.15, -0.1) is 0 Å². The minimum absolute atomic E-state index is 0.0224. The maximum absolute atomic E-state index is 12.5. The second kappa shape index (κ2) is 8.10. The Labute approximate surface area is 176 Å². The third kappa shape index (κ3) is 4.49. The lowest BCUT2D eigenvalue weighted by Crippen LogP contribution is -2.13. The van der Waals surface area contributed by atoms with Gasteiger partial charge in [0.05, 0.1) is 27.4 Å². The molecular weight excluding hydrogens is 419 g/mol. The molecule has 29 heavy (non-hydrogen) atoms. The zero-order valence-electron chi connectivity index (χ0n) is 15.7. The van der Waals surface area contributed by atoms with Crippen LogP contribution in [0.5, 0.6) is 11.5 Å². The summed E-state index contributed by atoms with van der Waals surface area (Å²) in [5.41, 5.74) is 1.33. The number of nitro benzene ring substituents is 1. The Hall–Kier alpha value is -3.10. The monoisotopic (exact) mass is 434 g/mol. The van der Waals surface area contributed by atoms with E-state index in [4.69, 9.17) is 27.9 Å². The molecule has 1 amide bonds. The van der Waals surface area contributed by atoms with E-state index in [2.05, 4.69) is 10.4 Å². The first-order valence-electron chi connectivity index (χ1n) is 8.39. The Morgan fingerprint density at radius 1 is 1.21 bits per heavy atom. The molecule has 0 saturated carbocycles. The number of anilines is 1. The number of aryl methyl sites for hydroxylation is 2. The summed E-state index contributed by atoms with van der Waals surface area (Å²) in [6.45, 7) is 3.52. The number of nitrogens with zero attached hydrogens (tertiary/aromatic N) is 3. The van der Waals surface area contributed by atoms with Crippen LogP contribution in [0.15, 0.2) is 36.4 Å². The second-order valence-electron chi connectivity index (χ2n) is 6.31. The second-order valence-corrected chi connectivity index (χ2v) is 7.12. The van der Waals surface area contributed by atoms with Gasteiger partial charge in [-0.25, -0.2) is 0 Å². The normalized spacial score (nSPS) is 10.7. The lowest BCUT2D eigenvalue weighted by Gasteiger charge is -2.11. The van der Waals surface area contributed by atoms with Crippen LogP contribution in [0.1, 0.15) is 21.7 Å². The van der Waals surface area contributed by atoms with Crippen LogP contribution in [0.4, 0.5) is 11.4 Å². The molecule has 3 aromatic rings. The third-order valence-corrected chi connectivity index (χ3v) is 4.89. The van der Waals surface area contributed by atoms with E-state index < -0.39 is 10.8 Å². The van der Waals surface area contributed by atoms with Crippen molar-refractivity contribution in [3.63, 3.8) is 0 Å². The van der Waals surface area contributed by atoms with Crippen LogP contribution in [-0.2, 0) is 7.05 Å². The Morgan fingerprint density at radius 2 is 1.93 bits per heavy atom. The van der Waals surface area contributed by atoms with Crippen LogP contribution in [0.3, 0.4) is 0 Å². The Bertz CT molecular complexity index is 1130. The minimum atomic E-state index is -0.590. The molecular formula is C19H16Cl2N4O4. The highest BCUT2D eigenvalue weighted by molar-refractivity contribution is 6.34. The first-order valence-corrected chi connectivity index (χ1v) is 9.15. The van der Waals surface area contributed by atoms with Crippen molar-refractivity contribution in [2.45, 2.75) is 13.8 Å². The fourth-order valence-electron chi connectivity index (χ4n) is 2.59. The molecule has 3 rings (SSSR count). The Balaban J connectivity index is 1.93. The summed E-state index contributed by atoms with van der Waals surface area (Å²) in [6, 6.07) is 8.98. The molecule has 0 bridgehead atoms. The van der Waals surface area contributed by atoms with Crippen LogP contribution in [0.25, 0.3) is 0 Å². The van der Waals surface area contributed by atoms with E-state index in [0.29, 0.717) is 16.5 Å². The van der Waals surface area contributed by atoms with Gasteiger partial charge >= 0.3 is 0 Å². The average Bonchev–Trinajstić information content (AvgIpc) is 2.91. The quantitative estimate of drug-likeness (QED) is 0.433. The van der Waals surface area contributed by atoms with Gasteiger partial charge in [0, 0.05) is 24.2 Å². The highest BCUT2D eigenvalue weighted by Gasteiger charge is 2.20. The van der Waals surface area contributed by atoms with Gasteiger partial charge in [-0.2, -0.15) is 5.10 Å². The van der Waals surface area contributed by atoms with E-state index in [1.54, 1.807) is 39.1 Å². The topological polar surface area (TPSA) is 99.3 Å². The number of nitro groups is 1. The summed E-state index contributed by atoms with van der Waals surface area (Å²) in [5.74, 6) is 0.0756. The molecule has 0 aliphatic carbocycles. The van der Waals surface area contributed by atoms with Crippen LogP contribution >= 0.6 is 23.2 Å². The molecule has 10 heteroatoms. The van der Waals surface area contributed by atoms with Crippen molar-refractivity contribution in [1.29, 1.82) is 0 Å². The number of carbonyl (C=O) groups is 1. The first kappa shape index (κ1) is 20.6. The van der Waals surface area contributed by atoms with Crippen molar-refractivity contribution in [3.05, 3.63) is 73.5 Å². The molecule has 0 atom stereocenters. The number of non-ortho nitro benzene ring substituents is 1. The van der Waals surface area contributed by atoms with Gasteiger partial charge in [-0.05, 0) is 37.6 Å². The van der Waals surface area contributed by atoms with Crippen molar-refractivity contribution < 1.29 is 14.5 Å². The van der Waals surface area contributed by atoms with Gasteiger partial charge in [0.25, 0.3) is 11.6 Å². The Morgan fingerprint density at radius 3 is 2.52 bits per heavy atom. The van der Waals surface area contributed by atoms with Gasteiger partial charge in [-0.3, -0.25) is 19.6 Å². The van der Waals surface area contributed by atoms with Gasteiger partial charge in [0.15, 0.2) is 5.69 Å². The highest BCUT2D eigenvalue weighted by Crippen LogP contribution is 2.32. The van der Waals surface area contributed by atoms with Crippen molar-refractivity contribution >= 4 is 40.5 Å². The number of amides is 1. The molecule has 0 spiro atoms. The molecule has 8 nitrogen and oxygen atoms in total. The van der Waals surface area contributed by atoms with E-state index in [-0.39, 0.29) is 27.8 Å². The van der Waals surface area contributed by atoms with E-state index in [1.807, 2.05) is 0 Å². The highest BCUT2D eigenvalue weighted by atomic mass is 35.5. The summed E-state index contributed by atoms with van der Waals surface area (Å²) < 4.78 is 7.24. The van der Waals surface area contributed by atoms with Crippen LogP contribution in [0.2, 0.25) is 10.0 Å². The van der Waals surface area contributed by atoms with Crippen LogP contribution in [0, 0.1) is 24.0 Å². The SMILES string of the molecule is Cc1cc(Cl)ccc1Oc1cc(NC(=O)c2nn(C)c(C)c2Cl)cc([N+](=O)[O-])c1. The predicted molar refractivity (Wildman–Crippen MR) is 110 cm³/mol. The molecule has 0 radical (unpaired) electrons. The average molecular weight is 435 g/mol. The van der Waals surface area contributed by atoms with E-state index in [1.165, 1.54) is 22.9 Å². The number of rotatable bonds is 5. The van der Waals surface area contributed by atoms with Crippen molar-refractivity contribution in [3.8, 4) is 11.5 Å². The summed E-state index contributed by atoms with van der Waals surface area (Å²) in [7, 11) is 1.66. The summed E-state index contributed by atoms with van der Waals surface area (Å²) in [4.78, 5) is 23.3. The van der Waals surface area contributed by atoms with Gasteiger partial charge < -0.3 is 10.1 Å². The van der Waals surface area contributed by atoms with Gasteiger partial charge in [0.2, 0.25) is 0 Å². The maximum Gasteiger partial charge on any atom is 0.277 e. The fraction of sp³-hybridized carbons (Fsp3) is 0.158. The van der Waals surface area contributed by atoms with Crippen molar-refractivity contribution in [2.75, 3.05) is 5.32 Å². The zero-order valence-corrected chi connectivity index (χ0v) is 17.2. The molecule has 0 saturated heterocycles. The molecule has 1 aromatic heterocycles. The number of aromatic nitrogens is 2. The van der Waals surface area contributed by atoms with Gasteiger partial charge in [-0.1, -0.05) is 23.2 Å². The van der Waals surface area contributed by atoms with Crippen molar-refractivity contribution in [1.82, 2.24) is 9.78 Å². The number of halogens is 2. The van der Waals surface area contributed by atoms with Crippen LogP contribution < -0.4 is 10.1 Å². The summed E-state index contributed by atoms with van der Waals surface area (Å²) >= 11 is 12.1. The largest absolute Gasteiger partial charge is 0.457 e. The number of hydrogen-bond acceptors (Lipinski definition) is 5. The molecule has 150 valence electrons. The van der Waals surface area contributed by atoms with Gasteiger partial charge in [0.1, 0.15) is 11.5 Å². The number of hydrogen-bond donors (Lipinski definition) is 1. The molecule has 0 fully saturated rings. The molecule has 1 heterocycles. The molecule has 2 aromatic carbocycles. The number of carbonyl (C=O) groups excluding carboxylic acids is 1. The number of ether oxygens (including phenoxy) is 1. The third-order valence-electron chi connectivity index (χ3n) is 4.20. The number of benzene rings is 2. The minimum Gasteiger partial charge on any atom is -0.457 e. The van der Waals surface area contributed by atoms with E-state index in [9.17, 15) is 14.9 Å². The maximum atomic E-state index is 12.5. The molecule has 0 unspecified atom stereocenters. The lowest BCUT2D eigenvalue weighted by molar-refractivity contribution is -0.384. The number of nitrogens with one attached hydrogen (secondary N) is 1. The summed E-state index contributed by atoms with van der Waals surface area (Å²) in [5, 5.41) is 18.7. The van der Waals surface area contributed by atoms with Crippen LogP contribution in [-0.4, -0.2) is 20.6 Å².